The Morgan fingerprint density at radius 2 is 1.50 bits per heavy atom. The van der Waals surface area contributed by atoms with Gasteiger partial charge in [0.05, 0.1) is 28.9 Å². The van der Waals surface area contributed by atoms with E-state index in [1.165, 1.54) is 19.3 Å². The summed E-state index contributed by atoms with van der Waals surface area (Å²) in [4.78, 5) is 89.4. The third kappa shape index (κ3) is 8.85. The number of anilines is 3. The van der Waals surface area contributed by atoms with Crippen molar-refractivity contribution in [1.82, 2.24) is 34.6 Å². The summed E-state index contributed by atoms with van der Waals surface area (Å²) in [6.07, 6.45) is 16.9. The van der Waals surface area contributed by atoms with E-state index in [1.807, 2.05) is 28.3 Å². The van der Waals surface area contributed by atoms with Crippen LogP contribution in [0.3, 0.4) is 0 Å². The molecule has 7 fully saturated rings. The summed E-state index contributed by atoms with van der Waals surface area (Å²) >= 11 is 0. The number of hydrogen-bond donors (Lipinski definition) is 2. The summed E-state index contributed by atoms with van der Waals surface area (Å²) in [5.41, 5.74) is 6.69. The van der Waals surface area contributed by atoms with Crippen molar-refractivity contribution in [1.29, 1.82) is 0 Å². The highest BCUT2D eigenvalue weighted by Crippen LogP contribution is 2.53. The second kappa shape index (κ2) is 19.4. The number of nitrogens with one attached hydrogen (secondary N) is 2. The summed E-state index contributed by atoms with van der Waals surface area (Å²) in [6, 6.07) is 18.5. The van der Waals surface area contributed by atoms with Crippen LogP contribution < -0.4 is 20.4 Å². The van der Waals surface area contributed by atoms with Gasteiger partial charge in [0.25, 0.3) is 0 Å². The average Bonchev–Trinajstić information content (AvgIpc) is 4.11. The van der Waals surface area contributed by atoms with Crippen LogP contribution in [0.15, 0.2) is 54.9 Å². The molecule has 74 heavy (non-hydrogen) atoms. The highest BCUT2D eigenvalue weighted by atomic mass is 16.2. The minimum absolute atomic E-state index is 0.0118. The van der Waals surface area contributed by atoms with E-state index in [0.29, 0.717) is 82.8 Å². The maximum absolute atomic E-state index is 15.3. The van der Waals surface area contributed by atoms with E-state index in [0.717, 1.165) is 115 Å². The first-order valence-corrected chi connectivity index (χ1v) is 28.4. The van der Waals surface area contributed by atoms with Crippen molar-refractivity contribution in [2.24, 2.45) is 11.3 Å². The van der Waals surface area contributed by atoms with E-state index in [-0.39, 0.29) is 53.5 Å². The van der Waals surface area contributed by atoms with Crippen LogP contribution in [0.4, 0.5) is 17.2 Å². The molecule has 15 heteroatoms. The van der Waals surface area contributed by atoms with Gasteiger partial charge in [-0.15, -0.1) is 0 Å². The van der Waals surface area contributed by atoms with Gasteiger partial charge in [-0.05, 0) is 159 Å². The average molecular weight is 1010 g/mol. The molecule has 3 saturated carbocycles. The van der Waals surface area contributed by atoms with Gasteiger partial charge in [0, 0.05) is 98.1 Å². The second-order valence-corrected chi connectivity index (χ2v) is 24.1. The first kappa shape index (κ1) is 49.1. The zero-order chi connectivity index (χ0) is 51.0. The maximum Gasteiger partial charge on any atom is 0.238 e. The number of imide groups is 1. The van der Waals surface area contributed by atoms with Gasteiger partial charge in [-0.1, -0.05) is 37.6 Å². The largest absolute Gasteiger partial charge is 0.372 e. The molecule has 3 aliphatic carbocycles. The van der Waals surface area contributed by atoms with E-state index in [2.05, 4.69) is 94.1 Å². The number of carbonyl (C=O) groups excluding carboxylic acids is 5. The second-order valence-electron chi connectivity index (χ2n) is 24.1. The summed E-state index contributed by atoms with van der Waals surface area (Å²) in [5.74, 6) is 0.725. The van der Waals surface area contributed by atoms with Crippen LogP contribution in [-0.2, 0) is 29.4 Å². The SMILES string of the molecule is CC(C)n1cnc2cc(-c3ccc4c(c3)N(C3CC(N5CCCCC5)C3)C(=O)C43CCN(C(=O)C4(C)CCN(C(=O)C5CCC(N(C)c6ccc([C@H]7CCC(=O)NC7=O)cc6)CC5)CC4)CC3)nc(NC3CC3)c21. The normalized spacial score (nSPS) is 27.1. The molecular formula is C59H76N10O5. The highest BCUT2D eigenvalue weighted by molar-refractivity contribution is 6.09. The van der Waals surface area contributed by atoms with Gasteiger partial charge in [-0.2, -0.15) is 0 Å². The molecule has 0 bridgehead atoms. The molecule has 4 aromatic rings. The summed E-state index contributed by atoms with van der Waals surface area (Å²) < 4.78 is 2.20. The molecule has 15 nitrogen and oxygen atoms in total. The first-order valence-electron chi connectivity index (χ1n) is 28.4. The Balaban J connectivity index is 0.694. The monoisotopic (exact) mass is 1000 g/mol. The lowest BCUT2D eigenvalue weighted by molar-refractivity contribution is -0.150. The fourth-order valence-corrected chi connectivity index (χ4v) is 14.1. The van der Waals surface area contributed by atoms with Crippen LogP contribution in [0.2, 0.25) is 0 Å². The number of nitrogens with zero attached hydrogens (tertiary/aromatic N) is 8. The van der Waals surface area contributed by atoms with Gasteiger partial charge in [-0.25, -0.2) is 9.97 Å². The molecule has 2 aromatic heterocycles. The highest BCUT2D eigenvalue weighted by Gasteiger charge is 2.57. The van der Waals surface area contributed by atoms with Crippen LogP contribution in [-0.4, -0.2) is 129 Å². The fourth-order valence-electron chi connectivity index (χ4n) is 14.1. The van der Waals surface area contributed by atoms with E-state index >= 15 is 4.79 Å². The predicted octanol–water partition coefficient (Wildman–Crippen LogP) is 8.32. The lowest BCUT2D eigenvalue weighted by Gasteiger charge is -2.48. The van der Waals surface area contributed by atoms with Gasteiger partial charge in [0.15, 0.2) is 5.82 Å². The Labute approximate surface area is 436 Å². The lowest BCUT2D eigenvalue weighted by atomic mass is 9.72. The number of amides is 5. The summed E-state index contributed by atoms with van der Waals surface area (Å²) in [7, 11) is 2.11. The Bertz CT molecular complexity index is 2820. The number of piperidine rings is 4. The number of aromatic nitrogens is 3. The molecule has 1 atom stereocenters. The number of rotatable bonds is 11. The third-order valence-corrected chi connectivity index (χ3v) is 19.2. The van der Waals surface area contributed by atoms with Gasteiger partial charge in [0.1, 0.15) is 5.52 Å². The molecule has 0 radical (unpaired) electrons. The number of carbonyl (C=O) groups is 5. The van der Waals surface area contributed by atoms with Gasteiger partial charge < -0.3 is 34.4 Å². The van der Waals surface area contributed by atoms with Crippen molar-refractivity contribution < 1.29 is 24.0 Å². The molecule has 392 valence electrons. The van der Waals surface area contributed by atoms with Crippen LogP contribution in [0.5, 0.6) is 0 Å². The maximum atomic E-state index is 15.3. The van der Waals surface area contributed by atoms with Gasteiger partial charge >= 0.3 is 0 Å². The number of pyridine rings is 1. The van der Waals surface area contributed by atoms with Crippen LogP contribution >= 0.6 is 0 Å². The summed E-state index contributed by atoms with van der Waals surface area (Å²) in [5, 5.41) is 6.18. The minimum atomic E-state index is -0.681. The Hall–Kier alpha value is -5.83. The van der Waals surface area contributed by atoms with Crippen molar-refractivity contribution >= 4 is 57.8 Å². The van der Waals surface area contributed by atoms with Crippen LogP contribution in [0.25, 0.3) is 22.3 Å². The van der Waals surface area contributed by atoms with Crippen molar-refractivity contribution in [2.75, 3.05) is 61.4 Å². The number of imidazole rings is 1. The number of likely N-dealkylation sites (tertiary alicyclic amines) is 3. The molecule has 8 aliphatic rings. The number of hydrogen-bond acceptors (Lipinski definition) is 10. The van der Waals surface area contributed by atoms with Crippen LogP contribution in [0, 0.1) is 11.3 Å². The molecule has 7 heterocycles. The molecule has 2 aromatic carbocycles. The molecule has 12 rings (SSSR count). The number of fused-ring (bicyclic) bond motifs is 3. The molecule has 5 aliphatic heterocycles. The van der Waals surface area contributed by atoms with E-state index in [9.17, 15) is 19.2 Å². The first-order chi connectivity index (χ1) is 35.8. The molecule has 4 saturated heterocycles. The van der Waals surface area contributed by atoms with Crippen molar-refractivity contribution in [3.63, 3.8) is 0 Å². The van der Waals surface area contributed by atoms with Crippen molar-refractivity contribution in [3.8, 4) is 11.3 Å². The molecule has 5 amide bonds. The minimum Gasteiger partial charge on any atom is -0.372 e. The number of benzene rings is 2. The van der Waals surface area contributed by atoms with Gasteiger partial charge in [-0.3, -0.25) is 29.3 Å². The Morgan fingerprint density at radius 1 is 0.797 bits per heavy atom. The summed E-state index contributed by atoms with van der Waals surface area (Å²) in [6.45, 7) is 11.0. The fraction of sp³-hybridized carbons (Fsp3) is 0.610. The quantitative estimate of drug-likeness (QED) is 0.140. The zero-order valence-corrected chi connectivity index (χ0v) is 44.1. The predicted molar refractivity (Wildman–Crippen MR) is 287 cm³/mol. The van der Waals surface area contributed by atoms with E-state index in [1.54, 1.807) is 0 Å². The van der Waals surface area contributed by atoms with Crippen molar-refractivity contribution in [2.45, 2.75) is 171 Å². The topological polar surface area (TPSA) is 156 Å². The lowest BCUT2D eigenvalue weighted by Crippen LogP contribution is -2.59. The third-order valence-electron chi connectivity index (χ3n) is 19.2. The van der Waals surface area contributed by atoms with Crippen LogP contribution in [0.1, 0.15) is 153 Å². The standard InChI is InChI=1S/C59H76N10O5/c1-37(2)68-36-60-49-35-48(62-53(52(49)68)61-41-13-14-41)40-12-20-47-50(32-40)69(45-33-44(34-45)65-26-6-5-7-27-65)57(74)59(47)24-30-67(31-25-59)56(73)58(3)22-28-66(29-23-58)55(72)39-10-17-43(18-11-39)64(4)42-15-8-38(9-16-42)46-19-21-51(70)63-54(46)71/h8-9,12,15-16,20,32,35-37,39,41,43-46H,5-7,10-11,13-14,17-19,21-31,33-34H2,1-4H3,(H,61,62)(H,63,70,71)/t39?,43?,44?,45?,46-/m1/s1. The molecular weight excluding hydrogens is 929 g/mol. The molecule has 2 N–H and O–H groups in total. The van der Waals surface area contributed by atoms with Crippen molar-refractivity contribution in [3.05, 3.63) is 66.0 Å². The zero-order valence-electron chi connectivity index (χ0n) is 44.1. The Morgan fingerprint density at radius 3 is 2.18 bits per heavy atom. The Kier molecular flexibility index (Phi) is 12.9. The molecule has 0 unspecified atom stereocenters. The smallest absolute Gasteiger partial charge is 0.238 e. The van der Waals surface area contributed by atoms with E-state index in [4.69, 9.17) is 9.97 Å². The van der Waals surface area contributed by atoms with E-state index < -0.39 is 10.8 Å². The van der Waals surface area contributed by atoms with Gasteiger partial charge in [0.2, 0.25) is 29.5 Å². The molecule has 1 spiro atoms.